The van der Waals surface area contributed by atoms with Crippen LogP contribution in [0.25, 0.3) is 11.4 Å². The number of nitrogens with zero attached hydrogens (tertiary/aromatic N) is 1. The van der Waals surface area contributed by atoms with Crippen LogP contribution in [0.15, 0.2) is 27.9 Å². The van der Waals surface area contributed by atoms with E-state index in [-0.39, 0.29) is 11.4 Å². The van der Waals surface area contributed by atoms with Crippen LogP contribution in [0, 0.1) is 12.3 Å². The number of halogens is 1. The van der Waals surface area contributed by atoms with E-state index in [2.05, 4.69) is 9.97 Å². The van der Waals surface area contributed by atoms with E-state index in [4.69, 9.17) is 20.8 Å². The van der Waals surface area contributed by atoms with Gasteiger partial charge in [0.1, 0.15) is 21.6 Å². The second-order valence-electron chi connectivity index (χ2n) is 5.43. The van der Waals surface area contributed by atoms with Gasteiger partial charge >= 0.3 is 0 Å². The van der Waals surface area contributed by atoms with Crippen molar-refractivity contribution in [3.63, 3.8) is 0 Å². The molecule has 134 valence electrons. The van der Waals surface area contributed by atoms with Gasteiger partial charge in [0, 0.05) is 5.56 Å². The second-order valence-corrected chi connectivity index (χ2v) is 7.19. The molecular weight excluding hydrogens is 362 g/mol. The zero-order valence-electron chi connectivity index (χ0n) is 14.3. The van der Waals surface area contributed by atoms with Gasteiger partial charge in [0.15, 0.2) is 0 Å². The highest BCUT2D eigenvalue weighted by Gasteiger charge is 2.17. The fourth-order valence-corrected chi connectivity index (χ4v) is 3.07. The van der Waals surface area contributed by atoms with Crippen molar-refractivity contribution in [3.8, 4) is 17.1 Å². The van der Waals surface area contributed by atoms with Gasteiger partial charge in [0.2, 0.25) is 0 Å². The normalized spacial score (nSPS) is 12.0. The first kappa shape index (κ1) is 19.3. The predicted molar refractivity (Wildman–Crippen MR) is 100 cm³/mol. The van der Waals surface area contributed by atoms with E-state index in [0.717, 1.165) is 6.42 Å². The topological polar surface area (TPSA) is 95.9 Å². The van der Waals surface area contributed by atoms with Crippen molar-refractivity contribution < 1.29 is 8.95 Å². The van der Waals surface area contributed by atoms with Gasteiger partial charge in [-0.2, -0.15) is 0 Å². The van der Waals surface area contributed by atoms with Crippen molar-refractivity contribution in [1.29, 1.82) is 5.41 Å². The van der Waals surface area contributed by atoms with Crippen molar-refractivity contribution in [3.05, 3.63) is 39.8 Å². The summed E-state index contributed by atoms with van der Waals surface area (Å²) >= 11 is 0. The summed E-state index contributed by atoms with van der Waals surface area (Å²) in [5.74, 6) is 0.757. The maximum Gasteiger partial charge on any atom is 0.254 e. The summed E-state index contributed by atoms with van der Waals surface area (Å²) in [5, 5.41) is 8.16. The quantitative estimate of drug-likeness (QED) is 0.566. The minimum atomic E-state index is -1.70. The molecule has 0 aliphatic heterocycles. The summed E-state index contributed by atoms with van der Waals surface area (Å²) in [5.41, 5.74) is 1.23. The number of benzene rings is 1. The van der Waals surface area contributed by atoms with Gasteiger partial charge in [0.05, 0.1) is 28.5 Å². The number of ether oxygens (including phenoxy) is 1. The minimum absolute atomic E-state index is 0.263. The molecule has 0 saturated carbocycles. The Morgan fingerprint density at radius 3 is 2.72 bits per heavy atom. The fraction of sp³-hybridized carbons (Fsp3) is 0.353. The average Bonchev–Trinajstić information content (AvgIpc) is 2.57. The third-order valence-electron chi connectivity index (χ3n) is 3.63. The molecule has 2 N–H and O–H groups in total. The predicted octanol–water partition coefficient (Wildman–Crippen LogP) is 3.57. The van der Waals surface area contributed by atoms with Crippen molar-refractivity contribution in [2.45, 2.75) is 38.5 Å². The zero-order chi connectivity index (χ0) is 18.6. The zero-order valence-corrected chi connectivity index (χ0v) is 15.9. The van der Waals surface area contributed by atoms with Crippen LogP contribution in [0.2, 0.25) is 0 Å². The molecule has 0 aliphatic carbocycles. The van der Waals surface area contributed by atoms with Crippen LogP contribution in [0.3, 0.4) is 0 Å². The molecule has 0 radical (unpaired) electrons. The van der Waals surface area contributed by atoms with E-state index in [1.54, 1.807) is 25.1 Å². The first-order chi connectivity index (χ1) is 11.9. The molecule has 2 rings (SSSR count). The number of rotatable bonds is 7. The first-order valence-corrected chi connectivity index (χ1v) is 9.90. The summed E-state index contributed by atoms with van der Waals surface area (Å²) in [6.07, 6.45) is 1.31. The van der Waals surface area contributed by atoms with Crippen molar-refractivity contribution in [2.24, 2.45) is 0 Å². The molecule has 1 aromatic heterocycles. The average molecular weight is 382 g/mol. The summed E-state index contributed by atoms with van der Waals surface area (Å²) in [7, 11) is 3.98. The highest BCUT2D eigenvalue weighted by Crippen LogP contribution is 2.30. The minimum Gasteiger partial charge on any atom is -0.493 e. The van der Waals surface area contributed by atoms with Gasteiger partial charge in [-0.05, 0) is 49.1 Å². The molecule has 0 fully saturated rings. The van der Waals surface area contributed by atoms with Crippen molar-refractivity contribution in [2.75, 3.05) is 6.61 Å². The van der Waals surface area contributed by atoms with Gasteiger partial charge in [-0.1, -0.05) is 13.3 Å². The molecule has 0 spiro atoms. The molecular formula is C17H20ClN3O3S. The Morgan fingerprint density at radius 1 is 1.40 bits per heavy atom. The Bertz CT molecular complexity index is 880. The van der Waals surface area contributed by atoms with Crippen molar-refractivity contribution >= 4 is 26.4 Å². The molecule has 1 atom stereocenters. The van der Waals surface area contributed by atoms with Gasteiger partial charge in [0.25, 0.3) is 5.56 Å². The maximum absolute atomic E-state index is 12.3. The smallest absolute Gasteiger partial charge is 0.254 e. The van der Waals surface area contributed by atoms with Crippen LogP contribution in [0.1, 0.15) is 37.9 Å². The van der Waals surface area contributed by atoms with Gasteiger partial charge < -0.3 is 15.1 Å². The molecule has 2 aromatic rings. The van der Waals surface area contributed by atoms with Gasteiger partial charge in [-0.25, -0.2) is 9.19 Å². The maximum atomic E-state index is 12.3. The van der Waals surface area contributed by atoms with Crippen LogP contribution in [-0.2, 0) is 10.0 Å². The molecule has 0 amide bonds. The molecule has 6 nitrogen and oxygen atoms in total. The van der Waals surface area contributed by atoms with Crippen molar-refractivity contribution in [1.82, 2.24) is 9.97 Å². The van der Waals surface area contributed by atoms with Gasteiger partial charge in [-0.3, -0.25) is 4.79 Å². The Balaban J connectivity index is 2.68. The van der Waals surface area contributed by atoms with E-state index in [1.807, 2.05) is 13.8 Å². The molecule has 25 heavy (non-hydrogen) atoms. The van der Waals surface area contributed by atoms with Crippen LogP contribution in [0.4, 0.5) is 0 Å². The Morgan fingerprint density at radius 2 is 2.12 bits per heavy atom. The molecule has 1 aromatic carbocycles. The van der Waals surface area contributed by atoms with E-state index >= 15 is 0 Å². The fourth-order valence-electron chi connectivity index (χ4n) is 2.40. The van der Waals surface area contributed by atoms with Crippen LogP contribution >= 0.6 is 10.7 Å². The summed E-state index contributed by atoms with van der Waals surface area (Å²) in [4.78, 5) is 19.9. The SMILES string of the molecule is CCCC(=N)c1nc(-c2cc(S(=O)Cl)ccc2OCC)[nH]c(=O)c1C. The van der Waals surface area contributed by atoms with E-state index in [9.17, 15) is 9.00 Å². The van der Waals surface area contributed by atoms with E-state index in [1.165, 1.54) is 0 Å². The number of H-pyrrole nitrogens is 1. The summed E-state index contributed by atoms with van der Waals surface area (Å²) in [6, 6.07) is 4.82. The molecule has 8 heteroatoms. The van der Waals surface area contributed by atoms with Crippen LogP contribution < -0.4 is 10.3 Å². The number of hydrogen-bond acceptors (Lipinski definition) is 5. The highest BCUT2D eigenvalue weighted by molar-refractivity contribution is 8.08. The molecule has 1 heterocycles. The number of aromatic amines is 1. The lowest BCUT2D eigenvalue weighted by Gasteiger charge is -2.13. The number of nitrogens with one attached hydrogen (secondary N) is 2. The Kier molecular flexibility index (Phi) is 6.50. The lowest BCUT2D eigenvalue weighted by atomic mass is 10.1. The summed E-state index contributed by atoms with van der Waals surface area (Å²) < 4.78 is 17.2. The molecule has 1 unspecified atom stereocenters. The van der Waals surface area contributed by atoms with Crippen LogP contribution in [-0.4, -0.2) is 26.5 Å². The third kappa shape index (κ3) is 4.35. The number of hydrogen-bond donors (Lipinski definition) is 2. The molecule has 0 bridgehead atoms. The Hall–Kier alpha value is -1.99. The highest BCUT2D eigenvalue weighted by atomic mass is 35.7. The molecule has 0 saturated heterocycles. The summed E-state index contributed by atoms with van der Waals surface area (Å²) in [6.45, 7) is 5.86. The monoisotopic (exact) mass is 381 g/mol. The lowest BCUT2D eigenvalue weighted by Crippen LogP contribution is -2.19. The first-order valence-electron chi connectivity index (χ1n) is 7.93. The largest absolute Gasteiger partial charge is 0.493 e. The van der Waals surface area contributed by atoms with E-state index < -0.39 is 10.0 Å². The van der Waals surface area contributed by atoms with Gasteiger partial charge in [-0.15, -0.1) is 0 Å². The second kappa shape index (κ2) is 8.40. The standard InChI is InChI=1S/C17H20ClN3O3S/c1-4-6-13(19)15-10(3)17(22)21-16(20-15)12-9-11(25(18)23)7-8-14(12)24-5-2/h7-9,19H,4-6H2,1-3H3,(H,20,21,22). The van der Waals surface area contributed by atoms with E-state index in [0.29, 0.717) is 46.2 Å². The lowest BCUT2D eigenvalue weighted by molar-refractivity contribution is 0.341. The Labute approximate surface area is 153 Å². The molecule has 0 aliphatic rings. The third-order valence-corrected chi connectivity index (χ3v) is 4.79. The number of aromatic nitrogens is 2. The van der Waals surface area contributed by atoms with Crippen LogP contribution in [0.5, 0.6) is 5.75 Å².